The molecule has 1 atom stereocenters. The Morgan fingerprint density at radius 3 is 2.32 bits per heavy atom. The first-order chi connectivity index (χ1) is 15.2. The topological polar surface area (TPSA) is 78.0 Å². The standard InChI is InChI=1S/C23H24N6OS/c1-27-22(19-10-6-3-7-11-19)25-26-23(27)31-17-21(30)29-14-12-28(13-15-29)20(16-24)18-8-4-2-5-9-18/h2-11,20H,12-15,17H2,1H3. The number of carbonyl (C=O) groups is 1. The molecule has 3 aromatic rings. The number of rotatable bonds is 6. The highest BCUT2D eigenvalue weighted by atomic mass is 32.2. The number of nitrogens with zero attached hydrogens (tertiary/aromatic N) is 6. The molecule has 4 rings (SSSR count). The van der Waals surface area contributed by atoms with Crippen LogP contribution in [0.1, 0.15) is 11.6 Å². The summed E-state index contributed by atoms with van der Waals surface area (Å²) < 4.78 is 1.92. The zero-order valence-corrected chi connectivity index (χ0v) is 18.2. The first-order valence-corrected chi connectivity index (χ1v) is 11.2. The Morgan fingerprint density at radius 2 is 1.68 bits per heavy atom. The molecule has 1 aliphatic rings. The maximum absolute atomic E-state index is 12.7. The molecule has 0 spiro atoms. The van der Waals surface area contributed by atoms with E-state index in [-0.39, 0.29) is 11.9 Å². The van der Waals surface area contributed by atoms with Crippen molar-refractivity contribution in [2.24, 2.45) is 7.05 Å². The highest BCUT2D eigenvalue weighted by molar-refractivity contribution is 7.99. The SMILES string of the molecule is Cn1c(SCC(=O)N2CCN(C(C#N)c3ccccc3)CC2)nnc1-c1ccccc1. The van der Waals surface area contributed by atoms with Crippen LogP contribution in [0.15, 0.2) is 65.8 Å². The van der Waals surface area contributed by atoms with E-state index in [9.17, 15) is 10.1 Å². The summed E-state index contributed by atoms with van der Waals surface area (Å²) in [6.45, 7) is 2.62. The summed E-state index contributed by atoms with van der Waals surface area (Å²) in [5.74, 6) is 1.19. The first kappa shape index (κ1) is 21.1. The van der Waals surface area contributed by atoms with Gasteiger partial charge in [0.05, 0.1) is 11.8 Å². The van der Waals surface area contributed by atoms with Crippen LogP contribution in [0, 0.1) is 11.3 Å². The van der Waals surface area contributed by atoms with Gasteiger partial charge in [-0.1, -0.05) is 72.4 Å². The van der Waals surface area contributed by atoms with Crippen molar-refractivity contribution in [3.63, 3.8) is 0 Å². The summed E-state index contributed by atoms with van der Waals surface area (Å²) in [5.41, 5.74) is 1.99. The van der Waals surface area contributed by atoms with Gasteiger partial charge in [0.15, 0.2) is 11.0 Å². The molecule has 1 saturated heterocycles. The number of hydrogen-bond acceptors (Lipinski definition) is 6. The summed E-state index contributed by atoms with van der Waals surface area (Å²) >= 11 is 1.40. The van der Waals surface area contributed by atoms with Crippen LogP contribution in [0.5, 0.6) is 0 Å². The molecule has 0 radical (unpaired) electrons. The fourth-order valence-corrected chi connectivity index (χ4v) is 4.54. The number of amides is 1. The molecule has 1 fully saturated rings. The lowest BCUT2D eigenvalue weighted by atomic mass is 10.1. The van der Waals surface area contributed by atoms with Crippen LogP contribution in [0.2, 0.25) is 0 Å². The van der Waals surface area contributed by atoms with E-state index < -0.39 is 0 Å². The minimum Gasteiger partial charge on any atom is -0.339 e. The Kier molecular flexibility index (Phi) is 6.65. The summed E-state index contributed by atoms with van der Waals surface area (Å²) in [4.78, 5) is 16.8. The fraction of sp³-hybridized carbons (Fsp3) is 0.304. The molecule has 8 heteroatoms. The van der Waals surface area contributed by atoms with E-state index in [2.05, 4.69) is 21.2 Å². The molecule has 31 heavy (non-hydrogen) atoms. The van der Waals surface area contributed by atoms with Gasteiger partial charge < -0.3 is 9.47 Å². The third-order valence-electron chi connectivity index (χ3n) is 5.46. The molecule has 1 aromatic heterocycles. The van der Waals surface area contributed by atoms with Gasteiger partial charge in [0, 0.05) is 38.8 Å². The summed E-state index contributed by atoms with van der Waals surface area (Å²) in [5, 5.41) is 18.9. The lowest BCUT2D eigenvalue weighted by Gasteiger charge is -2.37. The first-order valence-electron chi connectivity index (χ1n) is 10.2. The monoisotopic (exact) mass is 432 g/mol. The van der Waals surface area contributed by atoms with E-state index in [1.165, 1.54) is 11.8 Å². The molecule has 2 heterocycles. The van der Waals surface area contributed by atoms with Crippen LogP contribution in [-0.2, 0) is 11.8 Å². The maximum Gasteiger partial charge on any atom is 0.233 e. The number of aromatic nitrogens is 3. The van der Waals surface area contributed by atoms with Crippen molar-refractivity contribution in [3.05, 3.63) is 66.2 Å². The third-order valence-corrected chi connectivity index (χ3v) is 6.47. The number of carbonyl (C=O) groups excluding carboxylic acids is 1. The highest BCUT2D eigenvalue weighted by Crippen LogP contribution is 2.24. The molecule has 2 aromatic carbocycles. The molecule has 0 N–H and O–H groups in total. The zero-order chi connectivity index (χ0) is 21.6. The van der Waals surface area contributed by atoms with Gasteiger partial charge in [-0.2, -0.15) is 5.26 Å². The van der Waals surface area contributed by atoms with Crippen molar-refractivity contribution in [3.8, 4) is 17.5 Å². The molecule has 1 amide bonds. The molecule has 0 saturated carbocycles. The highest BCUT2D eigenvalue weighted by Gasteiger charge is 2.27. The van der Waals surface area contributed by atoms with Crippen LogP contribution in [-0.4, -0.2) is 62.4 Å². The minimum absolute atomic E-state index is 0.0853. The lowest BCUT2D eigenvalue weighted by Crippen LogP contribution is -2.50. The molecular weight excluding hydrogens is 408 g/mol. The van der Waals surface area contributed by atoms with E-state index in [0.29, 0.717) is 31.9 Å². The molecule has 158 valence electrons. The predicted molar refractivity (Wildman–Crippen MR) is 120 cm³/mol. The van der Waals surface area contributed by atoms with Gasteiger partial charge in [-0.25, -0.2) is 0 Å². The maximum atomic E-state index is 12.7. The van der Waals surface area contributed by atoms with Crippen LogP contribution in [0.25, 0.3) is 11.4 Å². The van der Waals surface area contributed by atoms with Crippen LogP contribution in [0.3, 0.4) is 0 Å². The average molecular weight is 433 g/mol. The van der Waals surface area contributed by atoms with Gasteiger partial charge in [0.1, 0.15) is 6.04 Å². The van der Waals surface area contributed by atoms with E-state index in [4.69, 9.17) is 0 Å². The summed E-state index contributed by atoms with van der Waals surface area (Å²) in [6, 6.07) is 21.8. The average Bonchev–Trinajstić information content (AvgIpc) is 3.20. The van der Waals surface area contributed by atoms with E-state index in [0.717, 1.165) is 22.1 Å². The van der Waals surface area contributed by atoms with Crippen LogP contribution < -0.4 is 0 Å². The number of piperazine rings is 1. The van der Waals surface area contributed by atoms with Crippen molar-refractivity contribution >= 4 is 17.7 Å². The minimum atomic E-state index is -0.275. The third kappa shape index (κ3) is 4.79. The van der Waals surface area contributed by atoms with Gasteiger partial charge in [-0.15, -0.1) is 10.2 Å². The Morgan fingerprint density at radius 1 is 1.03 bits per heavy atom. The molecular formula is C23H24N6OS. The zero-order valence-electron chi connectivity index (χ0n) is 17.4. The Hall–Kier alpha value is -3.15. The van der Waals surface area contributed by atoms with E-state index >= 15 is 0 Å². The second-order valence-corrected chi connectivity index (χ2v) is 8.32. The van der Waals surface area contributed by atoms with Crippen molar-refractivity contribution < 1.29 is 4.79 Å². The smallest absolute Gasteiger partial charge is 0.233 e. The van der Waals surface area contributed by atoms with Gasteiger partial charge in [-0.3, -0.25) is 9.69 Å². The lowest BCUT2D eigenvalue weighted by molar-refractivity contribution is -0.130. The molecule has 1 unspecified atom stereocenters. The van der Waals surface area contributed by atoms with Crippen LogP contribution >= 0.6 is 11.8 Å². The van der Waals surface area contributed by atoms with Gasteiger partial charge in [0.2, 0.25) is 5.91 Å². The largest absolute Gasteiger partial charge is 0.339 e. The van der Waals surface area contributed by atoms with Crippen molar-refractivity contribution in [1.29, 1.82) is 5.26 Å². The van der Waals surface area contributed by atoms with Crippen molar-refractivity contribution in [2.45, 2.75) is 11.2 Å². The van der Waals surface area contributed by atoms with Gasteiger partial charge in [-0.05, 0) is 5.56 Å². The summed E-state index contributed by atoms with van der Waals surface area (Å²) in [7, 11) is 1.92. The second kappa shape index (κ2) is 9.77. The van der Waals surface area contributed by atoms with E-state index in [1.54, 1.807) is 0 Å². The quantitative estimate of drug-likeness (QED) is 0.557. The number of nitriles is 1. The second-order valence-electron chi connectivity index (χ2n) is 7.38. The molecule has 0 bridgehead atoms. The number of benzene rings is 2. The van der Waals surface area contributed by atoms with Crippen molar-refractivity contribution in [1.82, 2.24) is 24.6 Å². The summed E-state index contributed by atoms with van der Waals surface area (Å²) in [6.07, 6.45) is 0. The van der Waals surface area contributed by atoms with Crippen LogP contribution in [0.4, 0.5) is 0 Å². The number of hydrogen-bond donors (Lipinski definition) is 0. The predicted octanol–water partition coefficient (Wildman–Crippen LogP) is 2.98. The van der Waals surface area contributed by atoms with Gasteiger partial charge >= 0.3 is 0 Å². The number of thioether (sulfide) groups is 1. The normalized spacial score (nSPS) is 15.4. The van der Waals surface area contributed by atoms with E-state index in [1.807, 2.05) is 77.2 Å². The van der Waals surface area contributed by atoms with Crippen molar-refractivity contribution in [2.75, 3.05) is 31.9 Å². The Bertz CT molecular complexity index is 1050. The Labute approximate surface area is 186 Å². The Balaban J connectivity index is 1.31. The van der Waals surface area contributed by atoms with Gasteiger partial charge in [0.25, 0.3) is 0 Å². The fourth-order valence-electron chi connectivity index (χ4n) is 3.73. The molecule has 7 nitrogen and oxygen atoms in total. The molecule has 1 aliphatic heterocycles. The molecule has 0 aliphatic carbocycles.